The largest absolute Gasteiger partial charge is 0.412 e. The highest BCUT2D eigenvalue weighted by Gasteiger charge is 2.25. The molecule has 0 aromatic carbocycles. The quantitative estimate of drug-likeness (QED) is 0.100. The van der Waals surface area contributed by atoms with Crippen molar-refractivity contribution in [2.75, 3.05) is 13.1 Å². The monoisotopic (exact) mass is 439 g/mol. The van der Waals surface area contributed by atoms with Gasteiger partial charge in [-0.3, -0.25) is 4.79 Å². The topological polar surface area (TPSA) is 280 Å². The summed E-state index contributed by atoms with van der Waals surface area (Å²) in [6.45, 7) is 0.957. The predicted octanol–water partition coefficient (Wildman–Crippen LogP) is -3.50. The summed E-state index contributed by atoms with van der Waals surface area (Å²) in [7, 11) is 0. The molecule has 13 heteroatoms. The van der Waals surface area contributed by atoms with E-state index >= 15 is 0 Å². The second-order valence-electron chi connectivity index (χ2n) is 6.46. The molecule has 0 saturated heterocycles. The minimum absolute atomic E-state index is 0. The molecule has 0 spiro atoms. The number of unbranched alkanes of at least 4 members (excludes halogenated alkanes) is 2. The highest BCUT2D eigenvalue weighted by Crippen LogP contribution is 2.05. The summed E-state index contributed by atoms with van der Waals surface area (Å²) in [5.74, 6) is -3.61. The van der Waals surface area contributed by atoms with E-state index in [4.69, 9.17) is 28.7 Å². The van der Waals surface area contributed by atoms with Crippen LogP contribution in [0, 0.1) is 0 Å². The van der Waals surface area contributed by atoms with Gasteiger partial charge >= 0.3 is 23.9 Å². The number of carbonyl (C=O) groups excluding carboxylic acids is 4. The summed E-state index contributed by atoms with van der Waals surface area (Å²) in [5, 5.41) is 0. The molecule has 0 aliphatic heterocycles. The predicted molar refractivity (Wildman–Crippen MR) is 108 cm³/mol. The molecule has 0 fully saturated rings. The van der Waals surface area contributed by atoms with Crippen LogP contribution in [0.3, 0.4) is 0 Å². The standard InChI is InChI=1S/C17H33N5O6.2H2O/c18-9-3-1-5-11(20)15(24)27-14(23)8-7-13(22)17(26)28-16(25)12(21)6-2-4-10-19;;/h11-13H,1-10,18-22H2;2*1H2/t11-,12-,13-;;/m0../s1. The minimum Gasteiger partial charge on any atom is -0.412 e. The first kappa shape index (κ1) is 32.7. The Labute approximate surface area is 175 Å². The zero-order valence-electron chi connectivity index (χ0n) is 17.1. The minimum atomic E-state index is -1.24. The average molecular weight is 440 g/mol. The number of hydrogen-bond acceptors (Lipinski definition) is 11. The third-order valence-electron chi connectivity index (χ3n) is 3.92. The number of esters is 4. The van der Waals surface area contributed by atoms with Crippen LogP contribution in [0.5, 0.6) is 0 Å². The molecule has 0 unspecified atom stereocenters. The number of ether oxygens (including phenoxy) is 2. The van der Waals surface area contributed by atoms with Gasteiger partial charge in [0.05, 0.1) is 0 Å². The van der Waals surface area contributed by atoms with Gasteiger partial charge in [0.25, 0.3) is 0 Å². The van der Waals surface area contributed by atoms with Crippen LogP contribution in [0.1, 0.15) is 51.4 Å². The van der Waals surface area contributed by atoms with Gasteiger partial charge in [-0.2, -0.15) is 0 Å². The molecule has 0 bridgehead atoms. The van der Waals surface area contributed by atoms with E-state index in [2.05, 4.69) is 9.47 Å². The zero-order chi connectivity index (χ0) is 21.5. The molecule has 0 rings (SSSR count). The maximum Gasteiger partial charge on any atom is 0.330 e. The third kappa shape index (κ3) is 14.9. The Morgan fingerprint density at radius 3 is 1.37 bits per heavy atom. The number of hydrogen-bond donors (Lipinski definition) is 5. The summed E-state index contributed by atoms with van der Waals surface area (Å²) in [5.41, 5.74) is 27.5. The summed E-state index contributed by atoms with van der Waals surface area (Å²) in [4.78, 5) is 46.8. The van der Waals surface area contributed by atoms with Gasteiger partial charge in [-0.15, -0.1) is 0 Å². The lowest BCUT2D eigenvalue weighted by Crippen LogP contribution is -2.40. The molecule has 0 heterocycles. The van der Waals surface area contributed by atoms with Crippen LogP contribution in [0.15, 0.2) is 0 Å². The summed E-state index contributed by atoms with van der Waals surface area (Å²) in [6, 6.07) is -3.11. The lowest BCUT2D eigenvalue weighted by Gasteiger charge is -2.13. The van der Waals surface area contributed by atoms with Gasteiger partial charge in [0.15, 0.2) is 0 Å². The highest BCUT2D eigenvalue weighted by atomic mass is 16.6. The fourth-order valence-electron chi connectivity index (χ4n) is 2.13. The average Bonchev–Trinajstić information content (AvgIpc) is 2.65. The van der Waals surface area contributed by atoms with Crippen molar-refractivity contribution < 1.29 is 39.6 Å². The van der Waals surface area contributed by atoms with E-state index in [0.717, 1.165) is 0 Å². The van der Waals surface area contributed by atoms with Crippen molar-refractivity contribution in [1.82, 2.24) is 0 Å². The van der Waals surface area contributed by atoms with Crippen molar-refractivity contribution in [3.8, 4) is 0 Å². The van der Waals surface area contributed by atoms with Gasteiger partial charge in [-0.25, -0.2) is 14.4 Å². The molecule has 178 valence electrons. The van der Waals surface area contributed by atoms with Crippen LogP contribution >= 0.6 is 0 Å². The SMILES string of the molecule is NCCCC[C@H](N)C(=O)OC(=O)CC[C@H](N)C(=O)OC(=O)[C@@H](N)CCCCN.O.O. The maximum absolute atomic E-state index is 11.8. The summed E-state index contributed by atoms with van der Waals surface area (Å²) < 4.78 is 9.21. The van der Waals surface area contributed by atoms with E-state index < -0.39 is 42.0 Å². The van der Waals surface area contributed by atoms with Crippen molar-refractivity contribution in [3.63, 3.8) is 0 Å². The Morgan fingerprint density at radius 2 is 0.967 bits per heavy atom. The van der Waals surface area contributed by atoms with Crippen molar-refractivity contribution >= 4 is 23.9 Å². The Balaban J connectivity index is -0.00000364. The van der Waals surface area contributed by atoms with Crippen LogP contribution < -0.4 is 28.7 Å². The highest BCUT2D eigenvalue weighted by molar-refractivity contribution is 5.91. The first-order valence-electron chi connectivity index (χ1n) is 9.39. The zero-order valence-corrected chi connectivity index (χ0v) is 17.1. The molecule has 0 radical (unpaired) electrons. The molecule has 13 nitrogen and oxygen atoms in total. The van der Waals surface area contributed by atoms with Gasteiger partial charge in [0.1, 0.15) is 18.1 Å². The van der Waals surface area contributed by atoms with Crippen LogP contribution in [0.2, 0.25) is 0 Å². The molecular formula is C17H37N5O8. The lowest BCUT2D eigenvalue weighted by molar-refractivity contribution is -0.161. The molecule has 30 heavy (non-hydrogen) atoms. The fourth-order valence-corrected chi connectivity index (χ4v) is 2.13. The molecule has 0 aliphatic carbocycles. The Morgan fingerprint density at radius 1 is 0.600 bits per heavy atom. The normalized spacial score (nSPS) is 13.1. The van der Waals surface area contributed by atoms with Crippen molar-refractivity contribution in [3.05, 3.63) is 0 Å². The van der Waals surface area contributed by atoms with Gasteiger partial charge in [0, 0.05) is 6.42 Å². The van der Waals surface area contributed by atoms with Crippen molar-refractivity contribution in [2.45, 2.75) is 69.5 Å². The first-order valence-corrected chi connectivity index (χ1v) is 9.39. The van der Waals surface area contributed by atoms with Gasteiger partial charge in [-0.05, 0) is 45.2 Å². The Hall–Kier alpha value is -2.00. The van der Waals surface area contributed by atoms with E-state index in [1.54, 1.807) is 0 Å². The van der Waals surface area contributed by atoms with E-state index in [1.165, 1.54) is 0 Å². The summed E-state index contributed by atoms with van der Waals surface area (Å²) in [6.07, 6.45) is 2.88. The van der Waals surface area contributed by atoms with E-state index in [0.29, 0.717) is 51.6 Å². The molecule has 0 aromatic rings. The smallest absolute Gasteiger partial charge is 0.330 e. The van der Waals surface area contributed by atoms with Gasteiger partial charge < -0.3 is 49.1 Å². The van der Waals surface area contributed by atoms with E-state index in [9.17, 15) is 19.2 Å². The van der Waals surface area contributed by atoms with Gasteiger partial charge in [0.2, 0.25) is 0 Å². The van der Waals surface area contributed by atoms with Crippen molar-refractivity contribution in [1.29, 1.82) is 0 Å². The molecule has 0 aromatic heterocycles. The summed E-state index contributed by atoms with van der Waals surface area (Å²) >= 11 is 0. The van der Waals surface area contributed by atoms with Crippen LogP contribution in [-0.2, 0) is 28.7 Å². The number of rotatable bonds is 14. The second-order valence-corrected chi connectivity index (χ2v) is 6.46. The Kier molecular flexibility index (Phi) is 20.7. The number of carbonyl (C=O) groups is 4. The van der Waals surface area contributed by atoms with Crippen LogP contribution in [-0.4, -0.2) is 66.0 Å². The second kappa shape index (κ2) is 19.0. The molecule has 0 amide bonds. The number of nitrogens with two attached hydrogens (primary N) is 5. The molecular weight excluding hydrogens is 402 g/mol. The fraction of sp³-hybridized carbons (Fsp3) is 0.765. The van der Waals surface area contributed by atoms with E-state index in [1.807, 2.05) is 0 Å². The third-order valence-corrected chi connectivity index (χ3v) is 3.92. The van der Waals surface area contributed by atoms with Crippen LogP contribution in [0.25, 0.3) is 0 Å². The van der Waals surface area contributed by atoms with E-state index in [-0.39, 0.29) is 23.8 Å². The molecule has 14 N–H and O–H groups in total. The Bertz CT molecular complexity index is 520. The lowest BCUT2D eigenvalue weighted by atomic mass is 10.1. The molecule has 0 aliphatic rings. The maximum atomic E-state index is 11.8. The molecule has 0 saturated carbocycles. The van der Waals surface area contributed by atoms with Crippen LogP contribution in [0.4, 0.5) is 0 Å². The van der Waals surface area contributed by atoms with Gasteiger partial charge in [-0.1, -0.05) is 12.8 Å². The van der Waals surface area contributed by atoms with Crippen molar-refractivity contribution in [2.24, 2.45) is 28.7 Å². The first-order chi connectivity index (χ1) is 13.2. The molecule has 3 atom stereocenters.